The third kappa shape index (κ3) is 8.15. The number of nitrogens with one attached hydrogen (secondary N) is 1. The summed E-state index contributed by atoms with van der Waals surface area (Å²) in [6, 6.07) is 12.8. The molecular formula is C26H37N3O6S. The molecule has 2 amide bonds. The highest BCUT2D eigenvalue weighted by Gasteiger charge is 2.33. The summed E-state index contributed by atoms with van der Waals surface area (Å²) in [6.45, 7) is 7.04. The average Bonchev–Trinajstić information content (AvgIpc) is 2.80. The lowest BCUT2D eigenvalue weighted by atomic mass is 10.1. The maximum Gasteiger partial charge on any atom is 0.244 e. The van der Waals surface area contributed by atoms with Gasteiger partial charge in [0.25, 0.3) is 0 Å². The largest absolute Gasteiger partial charge is 0.497 e. The van der Waals surface area contributed by atoms with E-state index in [1.54, 1.807) is 49.6 Å². The molecule has 0 fully saturated rings. The molecule has 0 aromatic heterocycles. The number of amides is 2. The highest BCUT2D eigenvalue weighted by Crippen LogP contribution is 2.23. The van der Waals surface area contributed by atoms with Crippen LogP contribution in [0.1, 0.15) is 39.7 Å². The van der Waals surface area contributed by atoms with E-state index >= 15 is 0 Å². The fourth-order valence-corrected chi connectivity index (χ4v) is 4.55. The van der Waals surface area contributed by atoms with Gasteiger partial charge in [0.1, 0.15) is 24.1 Å². The molecule has 0 aliphatic carbocycles. The Labute approximate surface area is 214 Å². The van der Waals surface area contributed by atoms with Crippen LogP contribution in [0.2, 0.25) is 0 Å². The number of anilines is 1. The van der Waals surface area contributed by atoms with Gasteiger partial charge in [-0.05, 0) is 69.2 Å². The Bertz CT molecular complexity index is 1140. The molecule has 0 saturated carbocycles. The van der Waals surface area contributed by atoms with Crippen LogP contribution in [-0.4, -0.2) is 63.7 Å². The van der Waals surface area contributed by atoms with E-state index in [-0.39, 0.29) is 12.5 Å². The average molecular weight is 520 g/mol. The van der Waals surface area contributed by atoms with Crippen molar-refractivity contribution in [2.75, 3.05) is 31.3 Å². The van der Waals surface area contributed by atoms with Crippen molar-refractivity contribution in [1.82, 2.24) is 10.2 Å². The molecule has 2 aromatic carbocycles. The summed E-state index contributed by atoms with van der Waals surface area (Å²) in [6.07, 6.45) is 1.39. The van der Waals surface area contributed by atoms with Crippen LogP contribution in [-0.2, 0) is 26.2 Å². The van der Waals surface area contributed by atoms with Gasteiger partial charge >= 0.3 is 0 Å². The van der Waals surface area contributed by atoms with E-state index < -0.39 is 34.1 Å². The normalized spacial score (nSPS) is 12.4. The van der Waals surface area contributed by atoms with Crippen LogP contribution in [0.15, 0.2) is 48.5 Å². The standard InChI is InChI=1S/C26H37N3O6S/c1-8-23(25(31)27-26(2,3)4)28(17-19-10-9-11-22(16-19)35-6)24(30)18-29(36(7,32)33)20-12-14-21(34-5)15-13-20/h9-16,23H,8,17-18H2,1-7H3,(H,27,31). The number of carbonyl (C=O) groups excluding carboxylic acids is 2. The van der Waals surface area contributed by atoms with Gasteiger partial charge in [0, 0.05) is 12.1 Å². The quantitative estimate of drug-likeness (QED) is 0.489. The molecular weight excluding hydrogens is 482 g/mol. The van der Waals surface area contributed by atoms with Crippen LogP contribution in [0.25, 0.3) is 0 Å². The first-order valence-corrected chi connectivity index (χ1v) is 13.5. The van der Waals surface area contributed by atoms with Crippen molar-refractivity contribution in [3.63, 3.8) is 0 Å². The zero-order chi connectivity index (χ0) is 27.1. The Hall–Kier alpha value is -3.27. The summed E-state index contributed by atoms with van der Waals surface area (Å²) in [7, 11) is -0.748. The second-order valence-electron chi connectivity index (χ2n) is 9.50. The molecule has 0 heterocycles. The fraction of sp³-hybridized carbons (Fsp3) is 0.462. The molecule has 10 heteroatoms. The molecule has 198 valence electrons. The van der Waals surface area contributed by atoms with Crippen LogP contribution in [0.5, 0.6) is 11.5 Å². The minimum absolute atomic E-state index is 0.103. The van der Waals surface area contributed by atoms with Gasteiger partial charge in [-0.1, -0.05) is 19.1 Å². The molecule has 1 N–H and O–H groups in total. The van der Waals surface area contributed by atoms with E-state index in [4.69, 9.17) is 9.47 Å². The Morgan fingerprint density at radius 1 is 1.00 bits per heavy atom. The van der Waals surface area contributed by atoms with Crippen LogP contribution in [0.3, 0.4) is 0 Å². The number of nitrogens with zero attached hydrogens (tertiary/aromatic N) is 2. The molecule has 1 atom stereocenters. The number of benzene rings is 2. The topological polar surface area (TPSA) is 105 Å². The van der Waals surface area contributed by atoms with Crippen molar-refractivity contribution in [2.45, 2.75) is 52.2 Å². The van der Waals surface area contributed by atoms with Gasteiger partial charge in [-0.2, -0.15) is 0 Å². The maximum absolute atomic E-state index is 13.7. The van der Waals surface area contributed by atoms with Gasteiger partial charge in [0.2, 0.25) is 21.8 Å². The molecule has 0 aliphatic rings. The van der Waals surface area contributed by atoms with Crippen molar-refractivity contribution in [3.8, 4) is 11.5 Å². The highest BCUT2D eigenvalue weighted by atomic mass is 32.2. The molecule has 0 radical (unpaired) electrons. The van der Waals surface area contributed by atoms with Crippen molar-refractivity contribution < 1.29 is 27.5 Å². The summed E-state index contributed by atoms with van der Waals surface area (Å²) in [5.74, 6) is 0.359. The monoisotopic (exact) mass is 519 g/mol. The zero-order valence-electron chi connectivity index (χ0n) is 22.1. The van der Waals surface area contributed by atoms with Crippen LogP contribution < -0.4 is 19.1 Å². The fourth-order valence-electron chi connectivity index (χ4n) is 3.70. The predicted octanol–water partition coefficient (Wildman–Crippen LogP) is 3.19. The van der Waals surface area contributed by atoms with Gasteiger partial charge in [-0.25, -0.2) is 8.42 Å². The van der Waals surface area contributed by atoms with Crippen LogP contribution in [0.4, 0.5) is 5.69 Å². The number of methoxy groups -OCH3 is 2. The highest BCUT2D eigenvalue weighted by molar-refractivity contribution is 7.92. The minimum Gasteiger partial charge on any atom is -0.497 e. The van der Waals surface area contributed by atoms with Gasteiger partial charge in [0.15, 0.2) is 0 Å². The van der Waals surface area contributed by atoms with Gasteiger partial charge < -0.3 is 19.7 Å². The Balaban J connectivity index is 2.46. The summed E-state index contributed by atoms with van der Waals surface area (Å²) in [4.78, 5) is 28.3. The molecule has 2 rings (SSSR count). The number of hydrogen-bond acceptors (Lipinski definition) is 6. The maximum atomic E-state index is 13.7. The molecule has 0 spiro atoms. The first kappa shape index (κ1) is 29.0. The van der Waals surface area contributed by atoms with Gasteiger partial charge in [-0.15, -0.1) is 0 Å². The second kappa shape index (κ2) is 12.1. The van der Waals surface area contributed by atoms with E-state index in [1.165, 1.54) is 12.0 Å². The Kier molecular flexibility index (Phi) is 9.75. The van der Waals surface area contributed by atoms with Gasteiger partial charge in [0.05, 0.1) is 26.2 Å². The van der Waals surface area contributed by atoms with Crippen molar-refractivity contribution in [1.29, 1.82) is 0 Å². The SMILES string of the molecule is CCC(C(=O)NC(C)(C)C)N(Cc1cccc(OC)c1)C(=O)CN(c1ccc(OC)cc1)S(C)(=O)=O. The van der Waals surface area contributed by atoms with E-state index in [1.807, 2.05) is 33.8 Å². The second-order valence-corrected chi connectivity index (χ2v) is 11.4. The molecule has 36 heavy (non-hydrogen) atoms. The lowest BCUT2D eigenvalue weighted by Gasteiger charge is -2.34. The summed E-state index contributed by atoms with van der Waals surface area (Å²) >= 11 is 0. The minimum atomic E-state index is -3.81. The first-order valence-electron chi connectivity index (χ1n) is 11.6. The number of sulfonamides is 1. The van der Waals surface area contributed by atoms with Crippen molar-refractivity contribution in [2.24, 2.45) is 0 Å². The van der Waals surface area contributed by atoms with E-state index in [2.05, 4.69) is 5.32 Å². The molecule has 2 aromatic rings. The van der Waals surface area contributed by atoms with Crippen molar-refractivity contribution >= 4 is 27.5 Å². The third-order valence-corrected chi connectivity index (χ3v) is 6.55. The number of hydrogen-bond donors (Lipinski definition) is 1. The third-order valence-electron chi connectivity index (χ3n) is 5.41. The number of ether oxygens (including phenoxy) is 2. The lowest BCUT2D eigenvalue weighted by Crippen LogP contribution is -2.55. The Morgan fingerprint density at radius 3 is 2.11 bits per heavy atom. The molecule has 0 bridgehead atoms. The molecule has 1 unspecified atom stereocenters. The summed E-state index contributed by atoms with van der Waals surface area (Å²) < 4.78 is 36.8. The molecule has 0 aliphatic heterocycles. The number of carbonyl (C=O) groups is 2. The van der Waals surface area contributed by atoms with Gasteiger partial charge in [-0.3, -0.25) is 13.9 Å². The lowest BCUT2D eigenvalue weighted by molar-refractivity contribution is -0.141. The van der Waals surface area contributed by atoms with Crippen LogP contribution in [0, 0.1) is 0 Å². The molecule has 0 saturated heterocycles. The number of rotatable bonds is 11. The van der Waals surface area contributed by atoms with Crippen LogP contribution >= 0.6 is 0 Å². The first-order chi connectivity index (χ1) is 16.8. The summed E-state index contributed by atoms with van der Waals surface area (Å²) in [5.41, 5.74) is 0.567. The summed E-state index contributed by atoms with van der Waals surface area (Å²) in [5, 5.41) is 2.94. The van der Waals surface area contributed by atoms with E-state index in [0.717, 1.165) is 16.1 Å². The van der Waals surface area contributed by atoms with Crippen molar-refractivity contribution in [3.05, 3.63) is 54.1 Å². The zero-order valence-corrected chi connectivity index (χ0v) is 22.9. The van der Waals surface area contributed by atoms with E-state index in [9.17, 15) is 18.0 Å². The van der Waals surface area contributed by atoms with E-state index in [0.29, 0.717) is 23.6 Å². The Morgan fingerprint density at radius 2 is 1.61 bits per heavy atom. The smallest absolute Gasteiger partial charge is 0.244 e. The molecule has 9 nitrogen and oxygen atoms in total. The predicted molar refractivity (Wildman–Crippen MR) is 141 cm³/mol.